The van der Waals surface area contributed by atoms with Crippen LogP contribution >= 0.6 is 0 Å². The molecule has 0 aromatic heterocycles. The van der Waals surface area contributed by atoms with Gasteiger partial charge in [0.1, 0.15) is 0 Å². The predicted molar refractivity (Wildman–Crippen MR) is 101 cm³/mol. The van der Waals surface area contributed by atoms with Crippen LogP contribution in [0, 0.1) is 6.92 Å². The summed E-state index contributed by atoms with van der Waals surface area (Å²) in [6.45, 7) is 3.73. The second-order valence-electron chi connectivity index (χ2n) is 6.44. The first-order chi connectivity index (χ1) is 12.0. The zero-order valence-electron chi connectivity index (χ0n) is 14.0. The van der Waals surface area contributed by atoms with E-state index in [9.17, 15) is 8.42 Å². The van der Waals surface area contributed by atoms with Crippen molar-refractivity contribution < 1.29 is 8.42 Å². The molecule has 25 heavy (non-hydrogen) atoms. The molecule has 5 heteroatoms. The highest BCUT2D eigenvalue weighted by molar-refractivity contribution is 7.93. The quantitative estimate of drug-likeness (QED) is 0.757. The predicted octanol–water partition coefficient (Wildman–Crippen LogP) is 3.59. The Morgan fingerprint density at radius 3 is 2.60 bits per heavy atom. The summed E-state index contributed by atoms with van der Waals surface area (Å²) in [6.07, 6.45) is 0.977. The van der Waals surface area contributed by atoms with Crippen molar-refractivity contribution in [2.75, 3.05) is 11.3 Å². The maximum Gasteiger partial charge on any atom is 0.262 e. The molecule has 3 aromatic carbocycles. The van der Waals surface area contributed by atoms with Crippen LogP contribution < -0.4 is 10.0 Å². The van der Waals surface area contributed by atoms with Gasteiger partial charge in [0, 0.05) is 17.6 Å². The van der Waals surface area contributed by atoms with Crippen LogP contribution in [0.15, 0.2) is 59.5 Å². The molecule has 0 fully saturated rings. The molecule has 0 saturated heterocycles. The van der Waals surface area contributed by atoms with Gasteiger partial charge in [-0.3, -0.25) is 4.72 Å². The lowest BCUT2D eigenvalue weighted by molar-refractivity contribution is 0.602. The number of nitrogens with one attached hydrogen (secondary N) is 2. The lowest BCUT2D eigenvalue weighted by Crippen LogP contribution is -2.23. The van der Waals surface area contributed by atoms with E-state index in [1.54, 1.807) is 6.07 Å². The Hall–Kier alpha value is -2.37. The van der Waals surface area contributed by atoms with E-state index in [1.165, 1.54) is 5.56 Å². The van der Waals surface area contributed by atoms with Gasteiger partial charge in [-0.05, 0) is 60.2 Å². The van der Waals surface area contributed by atoms with Gasteiger partial charge in [0.15, 0.2) is 0 Å². The van der Waals surface area contributed by atoms with Crippen molar-refractivity contribution in [3.05, 3.63) is 71.3 Å². The topological polar surface area (TPSA) is 58.2 Å². The molecule has 1 heterocycles. The van der Waals surface area contributed by atoms with Crippen LogP contribution in [0.1, 0.15) is 16.7 Å². The van der Waals surface area contributed by atoms with E-state index >= 15 is 0 Å². The average Bonchev–Trinajstić information content (AvgIpc) is 2.61. The molecule has 0 radical (unpaired) electrons. The monoisotopic (exact) mass is 352 g/mol. The Balaban J connectivity index is 1.75. The number of sulfonamides is 1. The highest BCUT2D eigenvalue weighted by Crippen LogP contribution is 2.28. The lowest BCUT2D eigenvalue weighted by Gasteiger charge is -2.18. The molecule has 0 saturated carbocycles. The largest absolute Gasteiger partial charge is 0.312 e. The molecule has 128 valence electrons. The van der Waals surface area contributed by atoms with E-state index in [4.69, 9.17) is 0 Å². The summed E-state index contributed by atoms with van der Waals surface area (Å²) in [5.41, 5.74) is 4.10. The normalized spacial score (nSPS) is 14.3. The van der Waals surface area contributed by atoms with Crippen molar-refractivity contribution >= 4 is 26.5 Å². The summed E-state index contributed by atoms with van der Waals surface area (Å²) in [4.78, 5) is 0.310. The van der Waals surface area contributed by atoms with Crippen LogP contribution in [-0.2, 0) is 23.0 Å². The van der Waals surface area contributed by atoms with Gasteiger partial charge in [-0.25, -0.2) is 8.42 Å². The fourth-order valence-corrected chi connectivity index (χ4v) is 4.67. The Kier molecular flexibility index (Phi) is 3.98. The molecule has 0 unspecified atom stereocenters. The van der Waals surface area contributed by atoms with Crippen molar-refractivity contribution in [1.29, 1.82) is 0 Å². The first-order valence-corrected chi connectivity index (χ1v) is 9.87. The minimum Gasteiger partial charge on any atom is -0.312 e. The number of anilines is 1. The molecule has 1 aliphatic rings. The van der Waals surface area contributed by atoms with Gasteiger partial charge in [0.2, 0.25) is 0 Å². The zero-order valence-corrected chi connectivity index (χ0v) is 14.9. The Morgan fingerprint density at radius 1 is 0.960 bits per heavy atom. The molecule has 0 atom stereocenters. The van der Waals surface area contributed by atoms with Crippen molar-refractivity contribution in [2.24, 2.45) is 0 Å². The smallest absolute Gasteiger partial charge is 0.262 e. The molecule has 0 bridgehead atoms. The molecule has 0 spiro atoms. The fraction of sp³-hybridized carbons (Fsp3) is 0.200. The Labute approximate surface area is 147 Å². The van der Waals surface area contributed by atoms with Gasteiger partial charge in [-0.1, -0.05) is 36.4 Å². The maximum absolute atomic E-state index is 13.0. The first kappa shape index (κ1) is 16.1. The molecule has 2 N–H and O–H groups in total. The summed E-state index contributed by atoms with van der Waals surface area (Å²) in [5, 5.41) is 5.02. The van der Waals surface area contributed by atoms with E-state index in [0.29, 0.717) is 10.6 Å². The van der Waals surface area contributed by atoms with E-state index in [1.807, 2.05) is 55.5 Å². The third-order valence-corrected chi connectivity index (χ3v) is 6.18. The summed E-state index contributed by atoms with van der Waals surface area (Å²) in [6, 6.07) is 16.9. The average molecular weight is 352 g/mol. The second-order valence-corrected chi connectivity index (χ2v) is 8.09. The van der Waals surface area contributed by atoms with Crippen LogP contribution in [0.4, 0.5) is 5.69 Å². The minimum absolute atomic E-state index is 0.310. The van der Waals surface area contributed by atoms with Crippen molar-refractivity contribution in [2.45, 2.75) is 24.8 Å². The van der Waals surface area contributed by atoms with E-state index < -0.39 is 10.0 Å². The summed E-state index contributed by atoms with van der Waals surface area (Å²) < 4.78 is 28.7. The molecule has 0 aliphatic carbocycles. The minimum atomic E-state index is -3.65. The van der Waals surface area contributed by atoms with Crippen molar-refractivity contribution in [1.82, 2.24) is 5.32 Å². The fourth-order valence-electron chi connectivity index (χ4n) is 3.41. The third kappa shape index (κ3) is 3.01. The number of hydrogen-bond acceptors (Lipinski definition) is 3. The SMILES string of the molecule is Cc1ccc(S(=O)(=O)Nc2ccc3c(c2)CNCC3)c2ccccc12. The number of rotatable bonds is 3. The van der Waals surface area contributed by atoms with E-state index in [-0.39, 0.29) is 0 Å². The maximum atomic E-state index is 13.0. The molecular weight excluding hydrogens is 332 g/mol. The van der Waals surface area contributed by atoms with Crippen molar-refractivity contribution in [3.8, 4) is 0 Å². The van der Waals surface area contributed by atoms with Crippen molar-refractivity contribution in [3.63, 3.8) is 0 Å². The van der Waals surface area contributed by atoms with Crippen LogP contribution in [0.5, 0.6) is 0 Å². The molecule has 3 aromatic rings. The zero-order chi connectivity index (χ0) is 17.4. The summed E-state index contributed by atoms with van der Waals surface area (Å²) >= 11 is 0. The third-order valence-electron chi connectivity index (χ3n) is 4.74. The van der Waals surface area contributed by atoms with Gasteiger partial charge in [0.05, 0.1) is 4.90 Å². The molecule has 4 rings (SSSR count). The van der Waals surface area contributed by atoms with Gasteiger partial charge >= 0.3 is 0 Å². The summed E-state index contributed by atoms with van der Waals surface area (Å²) in [7, 11) is -3.65. The second kappa shape index (κ2) is 6.17. The lowest BCUT2D eigenvalue weighted by atomic mass is 10.0. The molecule has 4 nitrogen and oxygen atoms in total. The number of benzene rings is 3. The highest BCUT2D eigenvalue weighted by atomic mass is 32.2. The molecular formula is C20H20N2O2S. The number of aryl methyl sites for hydroxylation is 1. The standard InChI is InChI=1S/C20H20N2O2S/c1-14-6-9-20(19-5-3-2-4-18(14)19)25(23,24)22-17-8-7-15-10-11-21-13-16(15)12-17/h2-9,12,21-22H,10-11,13H2,1H3. The van der Waals surface area contributed by atoms with E-state index in [0.717, 1.165) is 41.4 Å². The van der Waals surface area contributed by atoms with Gasteiger partial charge in [-0.2, -0.15) is 0 Å². The summed E-state index contributed by atoms with van der Waals surface area (Å²) in [5.74, 6) is 0. The molecule has 0 amide bonds. The first-order valence-electron chi connectivity index (χ1n) is 8.38. The number of fused-ring (bicyclic) bond motifs is 2. The van der Waals surface area contributed by atoms with Crippen LogP contribution in [0.2, 0.25) is 0 Å². The van der Waals surface area contributed by atoms with Crippen LogP contribution in [0.3, 0.4) is 0 Å². The highest BCUT2D eigenvalue weighted by Gasteiger charge is 2.19. The Morgan fingerprint density at radius 2 is 1.76 bits per heavy atom. The Bertz CT molecular complexity index is 1060. The van der Waals surface area contributed by atoms with Gasteiger partial charge in [0.25, 0.3) is 10.0 Å². The molecule has 1 aliphatic heterocycles. The van der Waals surface area contributed by atoms with Crippen LogP contribution in [-0.4, -0.2) is 15.0 Å². The number of hydrogen-bond donors (Lipinski definition) is 2. The van der Waals surface area contributed by atoms with Crippen LogP contribution in [0.25, 0.3) is 10.8 Å². The van der Waals surface area contributed by atoms with Gasteiger partial charge < -0.3 is 5.32 Å². The van der Waals surface area contributed by atoms with E-state index in [2.05, 4.69) is 10.0 Å². The van der Waals surface area contributed by atoms with Gasteiger partial charge in [-0.15, -0.1) is 0 Å².